The molecular weight excluding hydrogens is 414 g/mol. The quantitative estimate of drug-likeness (QED) is 0.494. The molecule has 5 rings (SSSR count). The zero-order valence-corrected chi connectivity index (χ0v) is 19.8. The first-order chi connectivity index (χ1) is 15.7. The molecule has 0 saturated heterocycles. The highest BCUT2D eigenvalue weighted by atomic mass is 16.2. The largest absolute Gasteiger partial charge is 0.364 e. The first-order valence-corrected chi connectivity index (χ1v) is 11.4. The number of imidazole rings is 1. The minimum absolute atomic E-state index is 0.249. The van der Waals surface area contributed by atoms with E-state index in [1.165, 1.54) is 15.7 Å². The molecule has 0 fully saturated rings. The number of nitrogens with one attached hydrogen (secondary N) is 1. The number of hydrogen-bond donors (Lipinski definition) is 1. The molecule has 1 aliphatic heterocycles. The van der Waals surface area contributed by atoms with Crippen molar-refractivity contribution < 1.29 is 4.57 Å². The van der Waals surface area contributed by atoms with Crippen LogP contribution in [0, 0.1) is 26.7 Å². The molecule has 33 heavy (non-hydrogen) atoms. The highest BCUT2D eigenvalue weighted by molar-refractivity contribution is 5.70. The molecule has 2 aromatic carbocycles. The molecule has 0 unspecified atom stereocenters. The summed E-state index contributed by atoms with van der Waals surface area (Å²) >= 11 is 0. The van der Waals surface area contributed by atoms with E-state index in [1.807, 2.05) is 31.2 Å². The van der Waals surface area contributed by atoms with Crippen LogP contribution in [-0.4, -0.2) is 20.7 Å². The van der Waals surface area contributed by atoms with Gasteiger partial charge in [-0.15, -0.1) is 0 Å². The fraction of sp³-hybridized carbons (Fsp3) is 0.346. The number of aryl methyl sites for hydroxylation is 4. The summed E-state index contributed by atoms with van der Waals surface area (Å²) in [5, 5.41) is 0. The number of aromatic amines is 1. The van der Waals surface area contributed by atoms with Gasteiger partial charge in [0.05, 0.1) is 19.6 Å². The third kappa shape index (κ3) is 3.57. The fourth-order valence-electron chi connectivity index (χ4n) is 4.93. The monoisotopic (exact) mass is 444 g/mol. The predicted molar refractivity (Wildman–Crippen MR) is 130 cm³/mol. The average molecular weight is 445 g/mol. The van der Waals surface area contributed by atoms with Gasteiger partial charge in [0.25, 0.3) is 5.56 Å². The molecule has 170 valence electrons. The summed E-state index contributed by atoms with van der Waals surface area (Å²) in [6.07, 6.45) is 0. The van der Waals surface area contributed by atoms with Gasteiger partial charge in [0.2, 0.25) is 11.2 Å². The minimum atomic E-state index is -0.321. The third-order valence-electron chi connectivity index (χ3n) is 6.50. The first kappa shape index (κ1) is 21.2. The second-order valence-corrected chi connectivity index (χ2v) is 9.54. The number of rotatable bonds is 3. The van der Waals surface area contributed by atoms with Crippen LogP contribution in [0.4, 0.5) is 11.6 Å². The number of anilines is 2. The Hall–Kier alpha value is -3.61. The zero-order chi connectivity index (χ0) is 23.4. The van der Waals surface area contributed by atoms with Gasteiger partial charge < -0.3 is 0 Å². The molecule has 2 aromatic heterocycles. The summed E-state index contributed by atoms with van der Waals surface area (Å²) in [5.41, 5.74) is 6.07. The van der Waals surface area contributed by atoms with Gasteiger partial charge in [0.15, 0.2) is 0 Å². The Labute approximate surface area is 192 Å². The maximum Gasteiger partial charge on any atom is 0.364 e. The highest BCUT2D eigenvalue weighted by Gasteiger charge is 2.36. The second-order valence-electron chi connectivity index (χ2n) is 9.54. The van der Waals surface area contributed by atoms with Crippen molar-refractivity contribution in [3.05, 3.63) is 85.6 Å². The van der Waals surface area contributed by atoms with Gasteiger partial charge in [-0.3, -0.25) is 13.9 Å². The van der Waals surface area contributed by atoms with Crippen molar-refractivity contribution in [1.82, 2.24) is 14.1 Å². The van der Waals surface area contributed by atoms with Crippen LogP contribution < -0.4 is 20.7 Å². The Bertz CT molecular complexity index is 1470. The van der Waals surface area contributed by atoms with E-state index in [0.29, 0.717) is 23.6 Å². The van der Waals surface area contributed by atoms with E-state index >= 15 is 0 Å². The lowest BCUT2D eigenvalue weighted by Gasteiger charge is -2.27. The Kier molecular flexibility index (Phi) is 5.00. The summed E-state index contributed by atoms with van der Waals surface area (Å²) in [5.74, 6) is 1.18. The van der Waals surface area contributed by atoms with Crippen molar-refractivity contribution >= 4 is 22.8 Å². The van der Waals surface area contributed by atoms with Gasteiger partial charge in [0, 0.05) is 13.0 Å². The normalized spacial score (nSPS) is 15.8. The SMILES string of the molecule is Cc1ccc(Cn2c(=O)c3c([nH]c4[n+]3C[C@H](C)CN4c3cc(C)cc(C)c3)n(C)c2=O)cc1. The standard InChI is InChI=1S/C26H29N5O2/c1-16-6-8-20(9-7-16)15-31-24(32)22-23(28(5)26(31)33)27-25-29(13-19(4)14-30(22)25)21-11-17(2)10-18(3)12-21/h6-12,19H,13-15H2,1-5H3/p+1/t19-/m1/s1. The molecule has 1 N–H and O–H groups in total. The van der Waals surface area contributed by atoms with Crippen LogP contribution in [0.25, 0.3) is 11.2 Å². The van der Waals surface area contributed by atoms with Gasteiger partial charge in [-0.1, -0.05) is 42.8 Å². The number of fused-ring (bicyclic) bond motifs is 3. The van der Waals surface area contributed by atoms with Crippen molar-refractivity contribution in [2.75, 3.05) is 11.4 Å². The fourth-order valence-corrected chi connectivity index (χ4v) is 4.93. The maximum atomic E-state index is 13.7. The van der Waals surface area contributed by atoms with Crippen LogP contribution >= 0.6 is 0 Å². The van der Waals surface area contributed by atoms with Crippen LogP contribution in [-0.2, 0) is 20.1 Å². The molecule has 0 saturated carbocycles. The predicted octanol–water partition coefficient (Wildman–Crippen LogP) is 3.08. The Morgan fingerprint density at radius 2 is 1.67 bits per heavy atom. The maximum absolute atomic E-state index is 13.7. The van der Waals surface area contributed by atoms with E-state index in [0.717, 1.165) is 29.3 Å². The molecule has 0 radical (unpaired) electrons. The highest BCUT2D eigenvalue weighted by Crippen LogP contribution is 2.29. The number of aromatic nitrogens is 4. The summed E-state index contributed by atoms with van der Waals surface area (Å²) in [6.45, 7) is 10.2. The molecule has 0 aliphatic carbocycles. The summed E-state index contributed by atoms with van der Waals surface area (Å²) < 4.78 is 4.95. The third-order valence-corrected chi connectivity index (χ3v) is 6.50. The Morgan fingerprint density at radius 1 is 1.00 bits per heavy atom. The van der Waals surface area contributed by atoms with E-state index in [1.54, 1.807) is 11.6 Å². The van der Waals surface area contributed by atoms with Crippen LogP contribution in [0.1, 0.15) is 29.2 Å². The molecule has 7 nitrogen and oxygen atoms in total. The molecule has 0 bridgehead atoms. The van der Waals surface area contributed by atoms with E-state index < -0.39 is 0 Å². The molecule has 0 amide bonds. The van der Waals surface area contributed by atoms with Crippen LogP contribution in [0.2, 0.25) is 0 Å². The van der Waals surface area contributed by atoms with Crippen LogP contribution in [0.5, 0.6) is 0 Å². The number of H-pyrrole nitrogens is 1. The lowest BCUT2D eigenvalue weighted by molar-refractivity contribution is -0.669. The van der Waals surface area contributed by atoms with E-state index in [2.05, 4.69) is 53.4 Å². The average Bonchev–Trinajstić information content (AvgIpc) is 3.15. The molecule has 0 spiro atoms. The zero-order valence-electron chi connectivity index (χ0n) is 19.8. The molecule has 4 aromatic rings. The minimum Gasteiger partial charge on any atom is -0.267 e. The van der Waals surface area contributed by atoms with Crippen LogP contribution in [0.3, 0.4) is 0 Å². The lowest BCUT2D eigenvalue weighted by atomic mass is 10.1. The Morgan fingerprint density at radius 3 is 2.33 bits per heavy atom. The Balaban J connectivity index is 1.72. The van der Waals surface area contributed by atoms with Gasteiger partial charge in [-0.2, -0.15) is 0 Å². The smallest absolute Gasteiger partial charge is 0.267 e. The topological polar surface area (TPSA) is 66.9 Å². The molecular formula is C26H30N5O2+. The van der Waals surface area contributed by atoms with E-state index in [9.17, 15) is 9.59 Å². The van der Waals surface area contributed by atoms with Crippen LogP contribution in [0.15, 0.2) is 52.1 Å². The number of benzene rings is 2. The molecule has 3 heterocycles. The molecule has 1 atom stereocenters. The van der Waals surface area contributed by atoms with Gasteiger partial charge in [-0.05, 0) is 49.6 Å². The molecule has 7 heteroatoms. The van der Waals surface area contributed by atoms with Gasteiger partial charge in [0.1, 0.15) is 5.69 Å². The van der Waals surface area contributed by atoms with Crippen molar-refractivity contribution in [2.45, 2.75) is 40.8 Å². The van der Waals surface area contributed by atoms with Crippen molar-refractivity contribution in [2.24, 2.45) is 13.0 Å². The van der Waals surface area contributed by atoms with Gasteiger partial charge >= 0.3 is 11.6 Å². The van der Waals surface area contributed by atoms with E-state index in [-0.39, 0.29) is 17.8 Å². The van der Waals surface area contributed by atoms with Crippen molar-refractivity contribution in [3.63, 3.8) is 0 Å². The number of hydrogen-bond acceptors (Lipinski definition) is 3. The van der Waals surface area contributed by atoms with E-state index in [4.69, 9.17) is 0 Å². The summed E-state index contributed by atoms with van der Waals surface area (Å²) in [4.78, 5) is 32.5. The number of nitrogens with zero attached hydrogens (tertiary/aromatic N) is 4. The first-order valence-electron chi connectivity index (χ1n) is 11.4. The second kappa shape index (κ2) is 7.76. The summed E-state index contributed by atoms with van der Waals surface area (Å²) in [7, 11) is 1.73. The summed E-state index contributed by atoms with van der Waals surface area (Å²) in [6, 6.07) is 14.4. The lowest BCUT2D eigenvalue weighted by Crippen LogP contribution is -2.52. The van der Waals surface area contributed by atoms with Crippen molar-refractivity contribution in [3.8, 4) is 0 Å². The van der Waals surface area contributed by atoms with Gasteiger partial charge in [-0.25, -0.2) is 19.2 Å². The van der Waals surface area contributed by atoms with Crippen molar-refractivity contribution in [1.29, 1.82) is 0 Å². The molecule has 1 aliphatic rings.